The molecular formula is C24H28N4O. The third-order valence-corrected chi connectivity index (χ3v) is 5.66. The van der Waals surface area contributed by atoms with Gasteiger partial charge in [0.25, 0.3) is 0 Å². The third-order valence-electron chi connectivity index (χ3n) is 5.66. The topological polar surface area (TPSA) is 41.4 Å². The van der Waals surface area contributed by atoms with Crippen LogP contribution >= 0.6 is 0 Å². The van der Waals surface area contributed by atoms with E-state index in [1.807, 2.05) is 15.6 Å². The highest BCUT2D eigenvalue weighted by molar-refractivity contribution is 5.73. The third kappa shape index (κ3) is 4.25. The van der Waals surface area contributed by atoms with Gasteiger partial charge in [0.15, 0.2) is 0 Å². The number of carbonyl (C=O) groups excluding carboxylic acids is 1. The van der Waals surface area contributed by atoms with Crippen LogP contribution in [0.15, 0.2) is 54.7 Å². The maximum absolute atomic E-state index is 11.6. The van der Waals surface area contributed by atoms with Crippen LogP contribution in [-0.2, 0) is 11.3 Å². The van der Waals surface area contributed by atoms with Crippen LogP contribution in [0.5, 0.6) is 0 Å². The molecule has 1 amide bonds. The Bertz CT molecular complexity index is 1000. The number of amides is 1. The second-order valence-corrected chi connectivity index (χ2v) is 7.89. The van der Waals surface area contributed by atoms with Crippen LogP contribution in [0.1, 0.15) is 23.6 Å². The van der Waals surface area contributed by atoms with E-state index in [-0.39, 0.29) is 5.91 Å². The summed E-state index contributed by atoms with van der Waals surface area (Å²) < 4.78 is 2.02. The summed E-state index contributed by atoms with van der Waals surface area (Å²) in [6.07, 6.45) is 2.17. The average molecular weight is 389 g/mol. The normalized spacial score (nSPS) is 14.9. The van der Waals surface area contributed by atoms with E-state index in [1.54, 1.807) is 6.92 Å². The first kappa shape index (κ1) is 19.4. The van der Waals surface area contributed by atoms with Crippen LogP contribution in [0.25, 0.3) is 16.9 Å². The molecule has 3 aromatic rings. The van der Waals surface area contributed by atoms with Gasteiger partial charge in [-0.15, -0.1) is 0 Å². The molecule has 0 radical (unpaired) electrons. The van der Waals surface area contributed by atoms with Crippen LogP contribution < -0.4 is 0 Å². The summed E-state index contributed by atoms with van der Waals surface area (Å²) >= 11 is 0. The molecule has 1 aliphatic heterocycles. The molecule has 0 bridgehead atoms. The van der Waals surface area contributed by atoms with E-state index in [9.17, 15) is 4.79 Å². The zero-order chi connectivity index (χ0) is 20.4. The highest BCUT2D eigenvalue weighted by Crippen LogP contribution is 2.26. The average Bonchev–Trinajstić information content (AvgIpc) is 3.14. The molecule has 1 fully saturated rings. The molecule has 150 valence electrons. The fourth-order valence-electron chi connectivity index (χ4n) is 3.92. The fraction of sp³-hybridized carbons (Fsp3) is 0.333. The Balaban J connectivity index is 1.66. The molecule has 0 atom stereocenters. The first-order chi connectivity index (χ1) is 14.0. The highest BCUT2D eigenvalue weighted by Gasteiger charge is 2.21. The molecule has 2 aromatic carbocycles. The van der Waals surface area contributed by atoms with Crippen LogP contribution in [-0.4, -0.2) is 51.7 Å². The monoisotopic (exact) mass is 388 g/mol. The van der Waals surface area contributed by atoms with Crippen molar-refractivity contribution in [1.29, 1.82) is 0 Å². The molecule has 1 saturated heterocycles. The molecule has 5 nitrogen and oxygen atoms in total. The number of aryl methyl sites for hydroxylation is 2. The van der Waals surface area contributed by atoms with Gasteiger partial charge in [0.05, 0.1) is 11.4 Å². The van der Waals surface area contributed by atoms with E-state index in [2.05, 4.69) is 67.4 Å². The number of nitrogens with zero attached hydrogens (tertiary/aromatic N) is 4. The SMILES string of the molecule is CC(=O)N1CCN(Cc2cn(-c3cc(C)ccc3C)nc2-c2ccccc2)CC1. The smallest absolute Gasteiger partial charge is 0.219 e. The molecule has 0 unspecified atom stereocenters. The largest absolute Gasteiger partial charge is 0.340 e. The van der Waals surface area contributed by atoms with Crippen molar-refractivity contribution in [2.24, 2.45) is 0 Å². The van der Waals surface area contributed by atoms with Crippen molar-refractivity contribution in [2.45, 2.75) is 27.3 Å². The van der Waals surface area contributed by atoms with Gasteiger partial charge in [0.2, 0.25) is 5.91 Å². The molecule has 0 spiro atoms. The number of benzene rings is 2. The molecule has 1 aliphatic rings. The van der Waals surface area contributed by atoms with Crippen LogP contribution in [0.4, 0.5) is 0 Å². The number of carbonyl (C=O) groups is 1. The van der Waals surface area contributed by atoms with Gasteiger partial charge >= 0.3 is 0 Å². The van der Waals surface area contributed by atoms with Gasteiger partial charge in [-0.25, -0.2) is 4.68 Å². The van der Waals surface area contributed by atoms with E-state index >= 15 is 0 Å². The van der Waals surface area contributed by atoms with Gasteiger partial charge in [0.1, 0.15) is 0 Å². The molecule has 2 heterocycles. The van der Waals surface area contributed by atoms with Crippen molar-refractivity contribution in [3.05, 3.63) is 71.4 Å². The van der Waals surface area contributed by atoms with Crippen LogP contribution in [0.2, 0.25) is 0 Å². The molecule has 29 heavy (non-hydrogen) atoms. The standard InChI is InChI=1S/C24H28N4O/c1-18-9-10-19(2)23(15-18)28-17-22(24(25-28)21-7-5-4-6-8-21)16-26-11-13-27(14-12-26)20(3)29/h4-10,15,17H,11-14,16H2,1-3H3. The first-order valence-electron chi connectivity index (χ1n) is 10.2. The van der Waals surface area contributed by atoms with Crippen molar-refractivity contribution in [2.75, 3.05) is 26.2 Å². The summed E-state index contributed by atoms with van der Waals surface area (Å²) in [5.41, 5.74) is 6.93. The predicted octanol–water partition coefficient (Wildman–Crippen LogP) is 3.82. The van der Waals surface area contributed by atoms with Crippen LogP contribution in [0.3, 0.4) is 0 Å². The zero-order valence-corrected chi connectivity index (χ0v) is 17.4. The van der Waals surface area contributed by atoms with E-state index < -0.39 is 0 Å². The Morgan fingerprint density at radius 1 is 1.00 bits per heavy atom. The molecule has 0 saturated carbocycles. The van der Waals surface area contributed by atoms with Gasteiger partial charge in [-0.1, -0.05) is 42.5 Å². The summed E-state index contributed by atoms with van der Waals surface area (Å²) in [5, 5.41) is 4.99. The molecular weight excluding hydrogens is 360 g/mol. The predicted molar refractivity (Wildman–Crippen MR) is 116 cm³/mol. The number of hydrogen-bond donors (Lipinski definition) is 0. The second kappa shape index (κ2) is 8.21. The lowest BCUT2D eigenvalue weighted by Gasteiger charge is -2.34. The number of rotatable bonds is 4. The molecule has 0 aliphatic carbocycles. The van der Waals surface area contributed by atoms with E-state index in [0.29, 0.717) is 0 Å². The lowest BCUT2D eigenvalue weighted by molar-refractivity contribution is -0.130. The molecule has 5 heteroatoms. The lowest BCUT2D eigenvalue weighted by atomic mass is 10.1. The lowest BCUT2D eigenvalue weighted by Crippen LogP contribution is -2.47. The van der Waals surface area contributed by atoms with E-state index in [1.165, 1.54) is 16.7 Å². The van der Waals surface area contributed by atoms with E-state index in [4.69, 9.17) is 5.10 Å². The van der Waals surface area contributed by atoms with Crippen LogP contribution in [0, 0.1) is 13.8 Å². The summed E-state index contributed by atoms with van der Waals surface area (Å²) in [7, 11) is 0. The molecule has 4 rings (SSSR count). The maximum Gasteiger partial charge on any atom is 0.219 e. The van der Waals surface area contributed by atoms with Gasteiger partial charge in [-0.3, -0.25) is 9.69 Å². The highest BCUT2D eigenvalue weighted by atomic mass is 16.2. The Morgan fingerprint density at radius 2 is 1.72 bits per heavy atom. The van der Waals surface area contributed by atoms with Crippen molar-refractivity contribution in [3.63, 3.8) is 0 Å². The van der Waals surface area contributed by atoms with Crippen molar-refractivity contribution in [3.8, 4) is 16.9 Å². The Hall–Kier alpha value is -2.92. The quantitative estimate of drug-likeness (QED) is 0.682. The molecule has 0 N–H and O–H groups in total. The Labute approximate surface area is 172 Å². The summed E-state index contributed by atoms with van der Waals surface area (Å²) in [6, 6.07) is 16.9. The van der Waals surface area contributed by atoms with Gasteiger partial charge in [-0.05, 0) is 31.0 Å². The minimum atomic E-state index is 0.164. The maximum atomic E-state index is 11.6. The minimum Gasteiger partial charge on any atom is -0.340 e. The Morgan fingerprint density at radius 3 is 2.41 bits per heavy atom. The number of piperazine rings is 1. The van der Waals surface area contributed by atoms with Gasteiger partial charge in [-0.2, -0.15) is 5.10 Å². The van der Waals surface area contributed by atoms with Crippen molar-refractivity contribution in [1.82, 2.24) is 19.6 Å². The van der Waals surface area contributed by atoms with Gasteiger partial charge < -0.3 is 4.90 Å². The summed E-state index contributed by atoms with van der Waals surface area (Å²) in [5.74, 6) is 0.164. The van der Waals surface area contributed by atoms with Crippen molar-refractivity contribution < 1.29 is 4.79 Å². The van der Waals surface area contributed by atoms with Crippen molar-refractivity contribution >= 4 is 5.91 Å². The first-order valence-corrected chi connectivity index (χ1v) is 10.2. The summed E-state index contributed by atoms with van der Waals surface area (Å²) in [4.78, 5) is 16.0. The molecule has 1 aromatic heterocycles. The van der Waals surface area contributed by atoms with E-state index in [0.717, 1.165) is 49.7 Å². The zero-order valence-electron chi connectivity index (χ0n) is 17.4. The fourth-order valence-corrected chi connectivity index (χ4v) is 3.92. The minimum absolute atomic E-state index is 0.164. The van der Waals surface area contributed by atoms with Gasteiger partial charge in [0, 0.05) is 57.0 Å². The Kier molecular flexibility index (Phi) is 5.49. The second-order valence-electron chi connectivity index (χ2n) is 7.89. The number of hydrogen-bond acceptors (Lipinski definition) is 3. The summed E-state index contributed by atoms with van der Waals surface area (Å²) in [6.45, 7) is 10.1. The number of aromatic nitrogens is 2.